The minimum absolute atomic E-state index is 0.130. The average Bonchev–Trinajstić information content (AvgIpc) is 3.24. The van der Waals surface area contributed by atoms with Crippen molar-refractivity contribution in [1.29, 1.82) is 0 Å². The van der Waals surface area contributed by atoms with E-state index in [1.807, 2.05) is 18.2 Å². The van der Waals surface area contributed by atoms with Crippen LogP contribution in [0.4, 0.5) is 14.5 Å². The zero-order valence-corrected chi connectivity index (χ0v) is 18.3. The molecule has 0 atom stereocenters. The van der Waals surface area contributed by atoms with Gasteiger partial charge < -0.3 is 20.4 Å². The molecule has 1 fully saturated rings. The molecule has 1 aliphatic rings. The number of benzene rings is 2. The fourth-order valence-electron chi connectivity index (χ4n) is 4.21. The van der Waals surface area contributed by atoms with E-state index >= 15 is 0 Å². The van der Waals surface area contributed by atoms with Gasteiger partial charge in [-0.2, -0.15) is 0 Å². The lowest BCUT2D eigenvalue weighted by Gasteiger charge is -2.31. The summed E-state index contributed by atoms with van der Waals surface area (Å²) in [6.07, 6.45) is 3.91. The first-order valence-corrected chi connectivity index (χ1v) is 10.8. The molecule has 3 N–H and O–H groups in total. The Morgan fingerprint density at radius 2 is 1.88 bits per heavy atom. The molecule has 0 bridgehead atoms. The second kappa shape index (κ2) is 9.99. The number of H-pyrrole nitrogens is 1. The van der Waals surface area contributed by atoms with Crippen LogP contribution in [0.15, 0.2) is 42.6 Å². The molecular weight excluding hydrogens is 430 g/mol. The van der Waals surface area contributed by atoms with Crippen LogP contribution in [0.25, 0.3) is 10.9 Å². The topological polar surface area (TPSA) is 86.5 Å². The Morgan fingerprint density at radius 1 is 1.09 bits per heavy atom. The van der Waals surface area contributed by atoms with Crippen LogP contribution in [-0.4, -0.2) is 55.0 Å². The number of methoxy groups -OCH3 is 1. The smallest absolute Gasteiger partial charge is 0.243 e. The molecule has 2 aromatic carbocycles. The molecule has 2 heterocycles. The maximum Gasteiger partial charge on any atom is 0.243 e. The van der Waals surface area contributed by atoms with E-state index in [1.165, 1.54) is 11.6 Å². The molecule has 1 saturated heterocycles. The van der Waals surface area contributed by atoms with Gasteiger partial charge >= 0.3 is 0 Å². The van der Waals surface area contributed by atoms with Crippen molar-refractivity contribution in [2.75, 3.05) is 38.6 Å². The van der Waals surface area contributed by atoms with Crippen LogP contribution in [0, 0.1) is 11.6 Å². The van der Waals surface area contributed by atoms with E-state index in [-0.39, 0.29) is 24.7 Å². The Bertz CT molecular complexity index is 1160. The highest BCUT2D eigenvalue weighted by molar-refractivity contribution is 5.94. The molecule has 4 rings (SSSR count). The number of likely N-dealkylation sites (tertiary alicyclic amines) is 1. The third kappa shape index (κ3) is 5.48. The number of amides is 2. The van der Waals surface area contributed by atoms with Crippen molar-refractivity contribution in [2.24, 2.45) is 0 Å². The number of hydrogen-bond donors (Lipinski definition) is 3. The number of anilines is 1. The maximum atomic E-state index is 13.2. The molecule has 3 aromatic rings. The second-order valence-corrected chi connectivity index (χ2v) is 8.16. The summed E-state index contributed by atoms with van der Waals surface area (Å²) < 4.78 is 31.5. The molecule has 7 nitrogen and oxygen atoms in total. The zero-order valence-electron chi connectivity index (χ0n) is 18.3. The highest BCUT2D eigenvalue weighted by Crippen LogP contribution is 2.34. The summed E-state index contributed by atoms with van der Waals surface area (Å²) in [5, 5.41) is 6.16. The van der Waals surface area contributed by atoms with Gasteiger partial charge in [-0.1, -0.05) is 0 Å². The van der Waals surface area contributed by atoms with Gasteiger partial charge in [0.05, 0.1) is 20.2 Å². The summed E-state index contributed by atoms with van der Waals surface area (Å²) in [6.45, 7) is 1.50. The van der Waals surface area contributed by atoms with Gasteiger partial charge in [0, 0.05) is 28.9 Å². The van der Waals surface area contributed by atoms with Crippen LogP contribution in [-0.2, 0) is 9.59 Å². The number of carbonyl (C=O) groups excluding carboxylic acids is 2. The van der Waals surface area contributed by atoms with Crippen molar-refractivity contribution in [1.82, 2.24) is 15.2 Å². The van der Waals surface area contributed by atoms with Gasteiger partial charge in [0.25, 0.3) is 0 Å². The molecular formula is C24H26F2N4O3. The Morgan fingerprint density at radius 3 is 2.61 bits per heavy atom. The number of aromatic amines is 1. The van der Waals surface area contributed by atoms with Gasteiger partial charge in [-0.3, -0.25) is 14.5 Å². The number of ether oxygens (including phenoxy) is 1. The van der Waals surface area contributed by atoms with E-state index in [0.717, 1.165) is 54.7 Å². The predicted molar refractivity (Wildman–Crippen MR) is 121 cm³/mol. The molecule has 2 amide bonds. The van der Waals surface area contributed by atoms with Gasteiger partial charge in [0.1, 0.15) is 5.75 Å². The Hall–Kier alpha value is -3.46. The van der Waals surface area contributed by atoms with Gasteiger partial charge in [-0.15, -0.1) is 0 Å². The summed E-state index contributed by atoms with van der Waals surface area (Å²) >= 11 is 0. The number of piperidine rings is 1. The number of fused-ring (bicyclic) bond motifs is 1. The van der Waals surface area contributed by atoms with Gasteiger partial charge in [-0.25, -0.2) is 8.78 Å². The first kappa shape index (κ1) is 22.7. The van der Waals surface area contributed by atoms with Crippen LogP contribution in [0.1, 0.15) is 24.3 Å². The molecule has 1 aliphatic heterocycles. The van der Waals surface area contributed by atoms with Gasteiger partial charge in [0.2, 0.25) is 11.8 Å². The number of rotatable bonds is 7. The summed E-state index contributed by atoms with van der Waals surface area (Å²) in [7, 11) is 1.66. The lowest BCUT2D eigenvalue weighted by atomic mass is 9.89. The fourth-order valence-corrected chi connectivity index (χ4v) is 4.21. The van der Waals surface area contributed by atoms with E-state index in [2.05, 4.69) is 26.7 Å². The van der Waals surface area contributed by atoms with E-state index in [9.17, 15) is 18.4 Å². The molecule has 0 saturated carbocycles. The van der Waals surface area contributed by atoms with Crippen LogP contribution < -0.4 is 15.4 Å². The first-order valence-electron chi connectivity index (χ1n) is 10.8. The molecule has 0 unspecified atom stereocenters. The van der Waals surface area contributed by atoms with Gasteiger partial charge in [0.15, 0.2) is 11.6 Å². The Balaban J connectivity index is 1.23. The molecule has 174 valence electrons. The number of hydrogen-bond acceptors (Lipinski definition) is 4. The van der Waals surface area contributed by atoms with Crippen LogP contribution in [0.5, 0.6) is 5.75 Å². The summed E-state index contributed by atoms with van der Waals surface area (Å²) in [5.74, 6) is -1.59. The molecule has 0 spiro atoms. The molecule has 0 aliphatic carbocycles. The molecule has 0 radical (unpaired) electrons. The van der Waals surface area contributed by atoms with Gasteiger partial charge in [-0.05, 0) is 67.7 Å². The molecule has 9 heteroatoms. The molecule has 33 heavy (non-hydrogen) atoms. The Labute approximate surface area is 190 Å². The monoisotopic (exact) mass is 456 g/mol. The summed E-state index contributed by atoms with van der Waals surface area (Å²) in [5.41, 5.74) is 2.47. The average molecular weight is 456 g/mol. The lowest BCUT2D eigenvalue weighted by Crippen LogP contribution is -2.43. The number of halogens is 2. The number of nitrogens with one attached hydrogen (secondary N) is 3. The number of aromatic nitrogens is 1. The fraction of sp³-hybridized carbons (Fsp3) is 0.333. The van der Waals surface area contributed by atoms with E-state index in [0.29, 0.717) is 5.92 Å². The summed E-state index contributed by atoms with van der Waals surface area (Å²) in [6, 6.07) is 9.07. The van der Waals surface area contributed by atoms with Crippen molar-refractivity contribution in [3.8, 4) is 5.75 Å². The van der Waals surface area contributed by atoms with Crippen molar-refractivity contribution >= 4 is 28.4 Å². The standard InChI is InChI=1S/C24H26F2N4O3/c1-33-17-3-5-22-18(11-17)19(12-27-22)15-6-8-30(9-7-15)14-24(32)28-13-23(31)29-16-2-4-20(25)21(26)10-16/h2-5,10-12,15,27H,6-9,13-14H2,1H3,(H,28,32)(H,29,31). The van der Waals surface area contributed by atoms with Crippen LogP contribution >= 0.6 is 0 Å². The van der Waals surface area contributed by atoms with Crippen molar-refractivity contribution in [2.45, 2.75) is 18.8 Å². The minimum atomic E-state index is -1.05. The number of carbonyl (C=O) groups is 2. The highest BCUT2D eigenvalue weighted by Gasteiger charge is 2.24. The highest BCUT2D eigenvalue weighted by atomic mass is 19.2. The normalized spacial score (nSPS) is 14.9. The summed E-state index contributed by atoms with van der Waals surface area (Å²) in [4.78, 5) is 29.6. The Kier molecular flexibility index (Phi) is 6.88. The lowest BCUT2D eigenvalue weighted by molar-refractivity contribution is -0.125. The minimum Gasteiger partial charge on any atom is -0.497 e. The SMILES string of the molecule is COc1ccc2[nH]cc(C3CCN(CC(=O)NCC(=O)Nc4ccc(F)c(F)c4)CC3)c2c1. The first-order chi connectivity index (χ1) is 15.9. The third-order valence-electron chi connectivity index (χ3n) is 5.97. The van der Waals surface area contributed by atoms with E-state index < -0.39 is 17.5 Å². The van der Waals surface area contributed by atoms with Crippen LogP contribution in [0.2, 0.25) is 0 Å². The van der Waals surface area contributed by atoms with Crippen molar-refractivity contribution in [3.05, 3.63) is 59.8 Å². The molecule has 1 aromatic heterocycles. The maximum absolute atomic E-state index is 13.2. The van der Waals surface area contributed by atoms with E-state index in [4.69, 9.17) is 4.74 Å². The van der Waals surface area contributed by atoms with Crippen molar-refractivity contribution in [3.63, 3.8) is 0 Å². The zero-order chi connectivity index (χ0) is 23.4. The van der Waals surface area contributed by atoms with Crippen LogP contribution in [0.3, 0.4) is 0 Å². The quantitative estimate of drug-likeness (QED) is 0.509. The van der Waals surface area contributed by atoms with E-state index in [1.54, 1.807) is 7.11 Å². The number of nitrogens with zero attached hydrogens (tertiary/aromatic N) is 1. The third-order valence-corrected chi connectivity index (χ3v) is 5.97. The largest absolute Gasteiger partial charge is 0.497 e. The van der Waals surface area contributed by atoms with Crippen molar-refractivity contribution < 1.29 is 23.1 Å². The predicted octanol–water partition coefficient (Wildman–Crippen LogP) is 3.39. The second-order valence-electron chi connectivity index (χ2n) is 8.16.